The van der Waals surface area contributed by atoms with E-state index in [0.29, 0.717) is 16.2 Å². The fourth-order valence-corrected chi connectivity index (χ4v) is 3.25. The Balaban J connectivity index is 2.21. The topological polar surface area (TPSA) is 56.1 Å². The van der Waals surface area contributed by atoms with Crippen molar-refractivity contribution in [2.24, 2.45) is 7.05 Å². The Hall–Kier alpha value is -1.87. The molecule has 0 aliphatic rings. The molecule has 8 heteroatoms. The molecule has 0 aliphatic heterocycles. The Bertz CT molecular complexity index is 958. The lowest BCUT2D eigenvalue weighted by Gasteiger charge is -2.14. The Kier molecular flexibility index (Phi) is 4.64. The maximum absolute atomic E-state index is 14.9. The van der Waals surface area contributed by atoms with Gasteiger partial charge in [0.05, 0.1) is 40.9 Å². The van der Waals surface area contributed by atoms with E-state index in [-0.39, 0.29) is 16.8 Å². The summed E-state index contributed by atoms with van der Waals surface area (Å²) in [6.07, 6.45) is 1.48. The summed E-state index contributed by atoms with van der Waals surface area (Å²) in [6, 6.07) is 6.82. The average molecular weight is 460 g/mol. The van der Waals surface area contributed by atoms with Crippen LogP contribution in [0.2, 0.25) is 5.02 Å². The van der Waals surface area contributed by atoms with Gasteiger partial charge in [-0.15, -0.1) is 0 Å². The second-order valence-electron chi connectivity index (χ2n) is 5.08. The molecule has 0 aliphatic carbocycles. The summed E-state index contributed by atoms with van der Waals surface area (Å²) >= 11 is 8.32. The van der Waals surface area contributed by atoms with Crippen molar-refractivity contribution < 1.29 is 13.9 Å². The van der Waals surface area contributed by atoms with E-state index < -0.39 is 11.8 Å². The van der Waals surface area contributed by atoms with E-state index in [0.717, 1.165) is 3.57 Å². The number of carbonyl (C=O) groups is 1. The Morgan fingerprint density at radius 1 is 1.42 bits per heavy atom. The van der Waals surface area contributed by atoms with Crippen molar-refractivity contribution in [2.75, 3.05) is 12.4 Å². The van der Waals surface area contributed by atoms with Gasteiger partial charge in [-0.1, -0.05) is 11.6 Å². The summed E-state index contributed by atoms with van der Waals surface area (Å²) in [5.41, 5.74) is 1.19. The minimum Gasteiger partial charge on any atom is -0.465 e. The largest absolute Gasteiger partial charge is 0.465 e. The van der Waals surface area contributed by atoms with Crippen molar-refractivity contribution in [1.29, 1.82) is 0 Å². The number of imidazole rings is 1. The van der Waals surface area contributed by atoms with Gasteiger partial charge in [0.2, 0.25) is 0 Å². The molecule has 0 bridgehead atoms. The van der Waals surface area contributed by atoms with Gasteiger partial charge in [-0.2, -0.15) is 0 Å². The number of ether oxygens (including phenoxy) is 1. The summed E-state index contributed by atoms with van der Waals surface area (Å²) in [6.45, 7) is 0. The van der Waals surface area contributed by atoms with Crippen LogP contribution in [-0.2, 0) is 11.8 Å². The minimum absolute atomic E-state index is 0.0174. The zero-order valence-electron chi connectivity index (χ0n) is 12.7. The molecular weight excluding hydrogens is 448 g/mol. The number of fused-ring (bicyclic) bond motifs is 1. The highest BCUT2D eigenvalue weighted by Crippen LogP contribution is 2.33. The summed E-state index contributed by atoms with van der Waals surface area (Å²) in [7, 11) is 2.97. The number of hydrogen-bond donors (Lipinski definition) is 1. The molecule has 1 heterocycles. The van der Waals surface area contributed by atoms with E-state index in [1.165, 1.54) is 13.4 Å². The molecule has 0 saturated heterocycles. The standard InChI is InChI=1S/C16H12ClFIN3O2/c1-22-7-20-15-12(22)6-9(16(23)24-2)14(13(15)18)21-11-4-3-8(19)5-10(11)17/h3-7,21H,1-2H3. The summed E-state index contributed by atoms with van der Waals surface area (Å²) in [4.78, 5) is 16.1. The maximum Gasteiger partial charge on any atom is 0.340 e. The zero-order valence-corrected chi connectivity index (χ0v) is 15.6. The number of aryl methyl sites for hydroxylation is 1. The van der Waals surface area contributed by atoms with E-state index in [9.17, 15) is 9.18 Å². The number of nitrogens with zero attached hydrogens (tertiary/aromatic N) is 2. The lowest BCUT2D eigenvalue weighted by Crippen LogP contribution is -2.09. The van der Waals surface area contributed by atoms with Crippen molar-refractivity contribution in [3.8, 4) is 0 Å². The molecule has 0 spiro atoms. The number of anilines is 2. The fraction of sp³-hybridized carbons (Fsp3) is 0.125. The first kappa shape index (κ1) is 17.0. The molecule has 24 heavy (non-hydrogen) atoms. The number of nitrogens with one attached hydrogen (secondary N) is 1. The molecule has 2 aromatic carbocycles. The quantitative estimate of drug-likeness (QED) is 0.463. The molecule has 124 valence electrons. The van der Waals surface area contributed by atoms with Crippen LogP contribution < -0.4 is 5.32 Å². The molecule has 1 N–H and O–H groups in total. The highest BCUT2D eigenvalue weighted by molar-refractivity contribution is 14.1. The van der Waals surface area contributed by atoms with Crippen LogP contribution in [-0.4, -0.2) is 22.6 Å². The highest BCUT2D eigenvalue weighted by atomic mass is 127. The third kappa shape index (κ3) is 2.93. The number of carbonyl (C=O) groups excluding carboxylic acids is 1. The number of aromatic nitrogens is 2. The first-order valence-electron chi connectivity index (χ1n) is 6.86. The van der Waals surface area contributed by atoms with Gasteiger partial charge in [0.25, 0.3) is 0 Å². The summed E-state index contributed by atoms with van der Waals surface area (Å²) < 4.78 is 22.3. The van der Waals surface area contributed by atoms with Crippen LogP contribution in [0.3, 0.4) is 0 Å². The van der Waals surface area contributed by atoms with Gasteiger partial charge >= 0.3 is 5.97 Å². The van der Waals surface area contributed by atoms with Gasteiger partial charge < -0.3 is 14.6 Å². The molecular formula is C16H12ClFIN3O2. The van der Waals surface area contributed by atoms with Crippen LogP contribution in [0.5, 0.6) is 0 Å². The van der Waals surface area contributed by atoms with Crippen LogP contribution in [0.25, 0.3) is 11.0 Å². The molecule has 5 nitrogen and oxygen atoms in total. The normalized spacial score (nSPS) is 10.9. The van der Waals surface area contributed by atoms with Crippen molar-refractivity contribution in [2.45, 2.75) is 0 Å². The molecule has 0 atom stereocenters. The first-order valence-corrected chi connectivity index (χ1v) is 8.32. The first-order chi connectivity index (χ1) is 11.4. The summed E-state index contributed by atoms with van der Waals surface area (Å²) in [5, 5.41) is 3.31. The van der Waals surface area contributed by atoms with Crippen LogP contribution in [0.1, 0.15) is 10.4 Å². The van der Waals surface area contributed by atoms with Gasteiger partial charge in [-0.25, -0.2) is 14.2 Å². The number of benzene rings is 2. The molecule has 0 fully saturated rings. The second-order valence-corrected chi connectivity index (χ2v) is 6.73. The van der Waals surface area contributed by atoms with Crippen molar-refractivity contribution in [1.82, 2.24) is 9.55 Å². The number of halogens is 3. The number of esters is 1. The van der Waals surface area contributed by atoms with E-state index >= 15 is 0 Å². The Morgan fingerprint density at radius 3 is 2.83 bits per heavy atom. The van der Waals surface area contributed by atoms with E-state index in [2.05, 4.69) is 32.9 Å². The number of methoxy groups -OCH3 is 1. The highest BCUT2D eigenvalue weighted by Gasteiger charge is 2.22. The SMILES string of the molecule is COC(=O)c1cc2c(ncn2C)c(F)c1Nc1ccc(I)cc1Cl. The molecule has 3 aromatic rings. The van der Waals surface area contributed by atoms with E-state index in [4.69, 9.17) is 16.3 Å². The van der Waals surface area contributed by atoms with Crippen LogP contribution >= 0.6 is 34.2 Å². The van der Waals surface area contributed by atoms with Gasteiger partial charge in [-0.05, 0) is 46.9 Å². The molecule has 3 rings (SSSR count). The lowest BCUT2D eigenvalue weighted by molar-refractivity contribution is 0.0601. The third-order valence-corrected chi connectivity index (χ3v) is 4.54. The maximum atomic E-state index is 14.9. The monoisotopic (exact) mass is 459 g/mol. The van der Waals surface area contributed by atoms with Crippen LogP contribution in [0.4, 0.5) is 15.8 Å². The average Bonchev–Trinajstić information content (AvgIpc) is 2.92. The molecule has 1 aromatic heterocycles. The van der Waals surface area contributed by atoms with E-state index in [1.54, 1.807) is 29.8 Å². The van der Waals surface area contributed by atoms with Crippen molar-refractivity contribution in [3.05, 3.63) is 50.6 Å². The number of rotatable bonds is 3. The summed E-state index contributed by atoms with van der Waals surface area (Å²) in [5.74, 6) is -1.29. The van der Waals surface area contributed by atoms with Crippen LogP contribution in [0.15, 0.2) is 30.6 Å². The smallest absolute Gasteiger partial charge is 0.340 e. The van der Waals surface area contributed by atoms with Gasteiger partial charge in [-0.3, -0.25) is 0 Å². The molecule has 0 saturated carbocycles. The van der Waals surface area contributed by atoms with Crippen molar-refractivity contribution >= 4 is 62.6 Å². The van der Waals surface area contributed by atoms with Crippen molar-refractivity contribution in [3.63, 3.8) is 0 Å². The van der Waals surface area contributed by atoms with E-state index in [1.807, 2.05) is 6.07 Å². The Labute approximate surface area is 155 Å². The third-order valence-electron chi connectivity index (χ3n) is 3.56. The predicted octanol–water partition coefficient (Wildman–Crippen LogP) is 4.50. The van der Waals surface area contributed by atoms with Crippen LogP contribution in [0, 0.1) is 9.39 Å². The zero-order chi connectivity index (χ0) is 17.4. The van der Waals surface area contributed by atoms with Gasteiger partial charge in [0.1, 0.15) is 5.52 Å². The molecule has 0 unspecified atom stereocenters. The second kappa shape index (κ2) is 6.56. The Morgan fingerprint density at radius 2 is 2.17 bits per heavy atom. The lowest BCUT2D eigenvalue weighted by atomic mass is 10.1. The van der Waals surface area contributed by atoms with Gasteiger partial charge in [0, 0.05) is 10.6 Å². The molecule has 0 radical (unpaired) electrons. The fourth-order valence-electron chi connectivity index (χ4n) is 2.34. The van der Waals surface area contributed by atoms with Gasteiger partial charge in [0.15, 0.2) is 5.82 Å². The predicted molar refractivity (Wildman–Crippen MR) is 99.5 cm³/mol. The minimum atomic E-state index is -0.652. The molecule has 0 amide bonds. The number of hydrogen-bond acceptors (Lipinski definition) is 4.